The molecule has 1 atom stereocenters. The van der Waals surface area contributed by atoms with Crippen molar-refractivity contribution < 1.29 is 17.6 Å². The van der Waals surface area contributed by atoms with Crippen LogP contribution in [-0.4, -0.2) is 0 Å². The highest BCUT2D eigenvalue weighted by Gasteiger charge is 2.26. The summed E-state index contributed by atoms with van der Waals surface area (Å²) in [6, 6.07) is 4.93. The number of hydrogen-bond donors (Lipinski definition) is 0. The van der Waals surface area contributed by atoms with Crippen LogP contribution in [-0.2, 0) is 12.8 Å². The monoisotopic (exact) mass is 320 g/mol. The lowest BCUT2D eigenvalue weighted by Gasteiger charge is -2.26. The standard InChI is InChI=1S/C19H16F4/c1-2-3-11-6-17(22)19(18(23)7-11)13-5-4-12-9-15(20)16(21)10-14(12)8-13/h2-3,6-7,9-10,13H,4-5,8H2,1H3/b3-2+. The van der Waals surface area contributed by atoms with Gasteiger partial charge in [-0.1, -0.05) is 12.2 Å². The van der Waals surface area contributed by atoms with Crippen LogP contribution in [0.1, 0.15) is 41.5 Å². The van der Waals surface area contributed by atoms with Crippen LogP contribution in [0.5, 0.6) is 0 Å². The van der Waals surface area contributed by atoms with Crippen molar-refractivity contribution in [2.24, 2.45) is 0 Å². The van der Waals surface area contributed by atoms with E-state index >= 15 is 0 Å². The van der Waals surface area contributed by atoms with E-state index < -0.39 is 23.3 Å². The molecule has 1 aliphatic carbocycles. The Hall–Kier alpha value is -2.10. The third-order valence-electron chi connectivity index (χ3n) is 4.34. The minimum absolute atomic E-state index is 0.0358. The maximum absolute atomic E-state index is 14.3. The summed E-state index contributed by atoms with van der Waals surface area (Å²) in [5.74, 6) is -3.35. The van der Waals surface area contributed by atoms with Crippen LogP contribution in [0.3, 0.4) is 0 Å². The number of benzene rings is 2. The predicted octanol–water partition coefficient (Wildman–Crippen LogP) is 5.55. The van der Waals surface area contributed by atoms with Crippen LogP contribution in [0.15, 0.2) is 30.3 Å². The Morgan fingerprint density at radius 3 is 2.09 bits per heavy atom. The summed E-state index contributed by atoms with van der Waals surface area (Å²) in [6.07, 6.45) is 4.64. The van der Waals surface area contributed by atoms with E-state index in [9.17, 15) is 17.6 Å². The van der Waals surface area contributed by atoms with E-state index in [4.69, 9.17) is 0 Å². The molecule has 4 heteroatoms. The molecule has 0 aromatic heterocycles. The second kappa shape index (κ2) is 6.19. The molecule has 0 amide bonds. The van der Waals surface area contributed by atoms with Gasteiger partial charge >= 0.3 is 0 Å². The van der Waals surface area contributed by atoms with Gasteiger partial charge in [0.05, 0.1) is 0 Å². The van der Waals surface area contributed by atoms with E-state index in [1.807, 2.05) is 0 Å². The first-order valence-corrected chi connectivity index (χ1v) is 7.58. The van der Waals surface area contributed by atoms with E-state index in [1.54, 1.807) is 19.1 Å². The molecule has 120 valence electrons. The topological polar surface area (TPSA) is 0 Å². The Morgan fingerprint density at radius 1 is 0.870 bits per heavy atom. The second-order valence-electron chi connectivity index (χ2n) is 5.87. The van der Waals surface area contributed by atoms with Gasteiger partial charge in [0.2, 0.25) is 0 Å². The minimum Gasteiger partial charge on any atom is -0.207 e. The average molecular weight is 320 g/mol. The summed E-state index contributed by atoms with van der Waals surface area (Å²) in [5.41, 5.74) is 1.84. The Balaban J connectivity index is 1.96. The number of hydrogen-bond acceptors (Lipinski definition) is 0. The molecule has 2 aromatic rings. The lowest BCUT2D eigenvalue weighted by molar-refractivity contribution is 0.477. The first-order chi connectivity index (χ1) is 11.0. The maximum Gasteiger partial charge on any atom is 0.159 e. The van der Waals surface area contributed by atoms with Gasteiger partial charge in [-0.2, -0.15) is 0 Å². The maximum atomic E-state index is 14.3. The summed E-state index contributed by atoms with van der Waals surface area (Å²) in [5, 5.41) is 0. The molecule has 3 rings (SSSR count). The van der Waals surface area contributed by atoms with Gasteiger partial charge < -0.3 is 0 Å². The lowest BCUT2D eigenvalue weighted by Crippen LogP contribution is -2.16. The highest BCUT2D eigenvalue weighted by Crippen LogP contribution is 2.36. The van der Waals surface area contributed by atoms with Crippen molar-refractivity contribution in [2.45, 2.75) is 32.1 Å². The third kappa shape index (κ3) is 3.03. The lowest BCUT2D eigenvalue weighted by atomic mass is 9.79. The van der Waals surface area contributed by atoms with E-state index in [0.717, 1.165) is 6.07 Å². The van der Waals surface area contributed by atoms with Crippen LogP contribution in [0, 0.1) is 23.3 Å². The van der Waals surface area contributed by atoms with Crippen molar-refractivity contribution in [1.29, 1.82) is 0 Å². The van der Waals surface area contributed by atoms with Gasteiger partial charge in [-0.25, -0.2) is 17.6 Å². The SMILES string of the molecule is C/C=C/c1cc(F)c(C2CCc3cc(F)c(F)cc3C2)c(F)c1. The first kappa shape index (κ1) is 15.8. The molecule has 1 aliphatic rings. The van der Waals surface area contributed by atoms with E-state index in [0.29, 0.717) is 36.0 Å². The highest BCUT2D eigenvalue weighted by molar-refractivity contribution is 5.50. The molecule has 0 saturated heterocycles. The molecule has 0 N–H and O–H groups in total. The largest absolute Gasteiger partial charge is 0.207 e. The van der Waals surface area contributed by atoms with Gasteiger partial charge in [-0.3, -0.25) is 0 Å². The van der Waals surface area contributed by atoms with Crippen LogP contribution in [0.2, 0.25) is 0 Å². The Morgan fingerprint density at radius 2 is 1.48 bits per heavy atom. The fourth-order valence-corrected chi connectivity index (χ4v) is 3.28. The summed E-state index contributed by atoms with van der Waals surface area (Å²) >= 11 is 0. The van der Waals surface area contributed by atoms with Crippen LogP contribution in [0.4, 0.5) is 17.6 Å². The molecule has 0 fully saturated rings. The minimum atomic E-state index is -0.922. The quantitative estimate of drug-likeness (QED) is 0.637. The molecule has 2 aromatic carbocycles. The smallest absolute Gasteiger partial charge is 0.159 e. The zero-order chi connectivity index (χ0) is 16.6. The predicted molar refractivity (Wildman–Crippen MR) is 82.2 cm³/mol. The van der Waals surface area contributed by atoms with Crippen molar-refractivity contribution in [3.8, 4) is 0 Å². The zero-order valence-corrected chi connectivity index (χ0v) is 12.7. The van der Waals surface area contributed by atoms with Gasteiger partial charge in [0.1, 0.15) is 11.6 Å². The van der Waals surface area contributed by atoms with Gasteiger partial charge in [0, 0.05) is 5.56 Å². The normalized spacial score (nSPS) is 17.5. The number of fused-ring (bicyclic) bond motifs is 1. The Labute approximate surface area is 132 Å². The van der Waals surface area contributed by atoms with E-state index in [2.05, 4.69) is 0 Å². The Kier molecular flexibility index (Phi) is 4.24. The molecular formula is C19H16F4. The molecule has 23 heavy (non-hydrogen) atoms. The van der Waals surface area contributed by atoms with Crippen LogP contribution >= 0.6 is 0 Å². The fraction of sp³-hybridized carbons (Fsp3) is 0.263. The summed E-state index contributed by atoms with van der Waals surface area (Å²) < 4.78 is 55.3. The molecule has 0 aliphatic heterocycles. The van der Waals surface area contributed by atoms with Gasteiger partial charge in [0.15, 0.2) is 11.6 Å². The molecular weight excluding hydrogens is 304 g/mol. The number of aryl methyl sites for hydroxylation is 1. The fourth-order valence-electron chi connectivity index (χ4n) is 3.28. The van der Waals surface area contributed by atoms with Crippen molar-refractivity contribution in [3.05, 3.63) is 75.9 Å². The molecule has 0 heterocycles. The molecule has 0 saturated carbocycles. The number of halogens is 4. The van der Waals surface area contributed by atoms with Crippen LogP contribution < -0.4 is 0 Å². The molecule has 0 spiro atoms. The molecule has 0 bridgehead atoms. The number of rotatable bonds is 2. The zero-order valence-electron chi connectivity index (χ0n) is 12.7. The average Bonchev–Trinajstić information content (AvgIpc) is 2.48. The van der Waals surface area contributed by atoms with Crippen molar-refractivity contribution in [1.82, 2.24) is 0 Å². The molecule has 0 nitrogen and oxygen atoms in total. The second-order valence-corrected chi connectivity index (χ2v) is 5.87. The van der Waals surface area contributed by atoms with E-state index in [1.165, 1.54) is 18.2 Å². The first-order valence-electron chi connectivity index (χ1n) is 7.58. The molecule has 0 radical (unpaired) electrons. The van der Waals surface area contributed by atoms with Crippen molar-refractivity contribution in [2.75, 3.05) is 0 Å². The summed E-state index contributed by atoms with van der Waals surface area (Å²) in [4.78, 5) is 0. The van der Waals surface area contributed by atoms with Gasteiger partial charge in [-0.15, -0.1) is 0 Å². The van der Waals surface area contributed by atoms with Crippen molar-refractivity contribution >= 4 is 6.08 Å². The summed E-state index contributed by atoms with van der Waals surface area (Å²) in [7, 11) is 0. The van der Waals surface area contributed by atoms with Crippen LogP contribution in [0.25, 0.3) is 6.08 Å². The van der Waals surface area contributed by atoms with Crippen molar-refractivity contribution in [3.63, 3.8) is 0 Å². The number of allylic oxidation sites excluding steroid dienone is 1. The van der Waals surface area contributed by atoms with Gasteiger partial charge in [0.25, 0.3) is 0 Å². The Bertz CT molecular complexity index is 754. The highest BCUT2D eigenvalue weighted by atomic mass is 19.2. The third-order valence-corrected chi connectivity index (χ3v) is 4.34. The molecule has 1 unspecified atom stereocenters. The summed E-state index contributed by atoms with van der Waals surface area (Å²) in [6.45, 7) is 1.77. The van der Waals surface area contributed by atoms with Gasteiger partial charge in [-0.05, 0) is 73.1 Å². The van der Waals surface area contributed by atoms with E-state index in [-0.39, 0.29) is 11.5 Å².